The Balaban J connectivity index is 2.53. The number of para-hydroxylation sites is 1. The molecule has 0 saturated carbocycles. The maximum absolute atomic E-state index is 12.3. The van der Waals surface area contributed by atoms with Crippen molar-refractivity contribution in [1.82, 2.24) is 9.88 Å². The second-order valence-electron chi connectivity index (χ2n) is 4.34. The van der Waals surface area contributed by atoms with Gasteiger partial charge in [-0.15, -0.1) is 0 Å². The van der Waals surface area contributed by atoms with Crippen LogP contribution < -0.4 is 5.73 Å². The minimum absolute atomic E-state index is 0.0119. The fourth-order valence-corrected chi connectivity index (χ4v) is 2.02. The zero-order valence-electron chi connectivity index (χ0n) is 10.7. The second-order valence-corrected chi connectivity index (χ2v) is 4.34. The van der Waals surface area contributed by atoms with E-state index >= 15 is 0 Å². The quantitative estimate of drug-likeness (QED) is 0.899. The van der Waals surface area contributed by atoms with Gasteiger partial charge in [0.05, 0.1) is 11.1 Å². The molecule has 2 rings (SSSR count). The molecule has 4 nitrogen and oxygen atoms in total. The molecule has 0 aliphatic carbocycles. The number of nitrogens with two attached hydrogens (primary N) is 1. The summed E-state index contributed by atoms with van der Waals surface area (Å²) in [5.41, 5.74) is 7.13. The number of amides is 1. The number of pyridine rings is 1. The minimum Gasteiger partial charge on any atom is -0.384 e. The summed E-state index contributed by atoms with van der Waals surface area (Å²) in [6, 6.07) is 9.20. The van der Waals surface area contributed by atoms with Crippen molar-refractivity contribution in [1.29, 1.82) is 0 Å². The van der Waals surface area contributed by atoms with E-state index in [1.807, 2.05) is 31.2 Å². The first-order valence-corrected chi connectivity index (χ1v) is 6.04. The van der Waals surface area contributed by atoms with Gasteiger partial charge in [0.2, 0.25) is 0 Å². The minimum atomic E-state index is -0.0119. The molecular formula is C14H17N3O. The van der Waals surface area contributed by atoms with E-state index in [-0.39, 0.29) is 5.91 Å². The molecule has 1 aromatic carbocycles. The molecule has 0 aliphatic rings. The normalized spacial score (nSPS) is 10.6. The molecule has 4 heteroatoms. The van der Waals surface area contributed by atoms with Crippen molar-refractivity contribution in [3.05, 3.63) is 35.9 Å². The lowest BCUT2D eigenvalue weighted by molar-refractivity contribution is 0.0797. The standard InChI is InChI=1S/C14H17N3O/c1-3-8-17(2)14(18)11-9-13(15)16-12-7-5-4-6-10(11)12/h4-7,9H,3,8H2,1-2H3,(H2,15,16). The summed E-state index contributed by atoms with van der Waals surface area (Å²) in [5, 5.41) is 0.847. The van der Waals surface area contributed by atoms with E-state index in [1.165, 1.54) is 0 Å². The van der Waals surface area contributed by atoms with E-state index in [1.54, 1.807) is 18.0 Å². The van der Waals surface area contributed by atoms with E-state index in [9.17, 15) is 4.79 Å². The number of aromatic nitrogens is 1. The lowest BCUT2D eigenvalue weighted by Gasteiger charge is -2.17. The van der Waals surface area contributed by atoms with Gasteiger partial charge in [-0.3, -0.25) is 4.79 Å². The highest BCUT2D eigenvalue weighted by atomic mass is 16.2. The molecule has 1 amide bonds. The van der Waals surface area contributed by atoms with Crippen LogP contribution in [0.3, 0.4) is 0 Å². The first-order chi connectivity index (χ1) is 8.63. The van der Waals surface area contributed by atoms with Crippen LogP contribution in [0.5, 0.6) is 0 Å². The van der Waals surface area contributed by atoms with Gasteiger partial charge >= 0.3 is 0 Å². The van der Waals surface area contributed by atoms with E-state index in [4.69, 9.17) is 5.73 Å². The lowest BCUT2D eigenvalue weighted by atomic mass is 10.1. The molecule has 0 bridgehead atoms. The number of hydrogen-bond donors (Lipinski definition) is 1. The first kappa shape index (κ1) is 12.4. The average molecular weight is 243 g/mol. The molecule has 0 atom stereocenters. The highest BCUT2D eigenvalue weighted by Gasteiger charge is 2.15. The fraction of sp³-hybridized carbons (Fsp3) is 0.286. The van der Waals surface area contributed by atoms with Crippen molar-refractivity contribution in [2.75, 3.05) is 19.3 Å². The smallest absolute Gasteiger partial charge is 0.254 e. The zero-order chi connectivity index (χ0) is 13.1. The number of anilines is 1. The Kier molecular flexibility index (Phi) is 3.46. The van der Waals surface area contributed by atoms with Gasteiger partial charge in [0.1, 0.15) is 5.82 Å². The van der Waals surface area contributed by atoms with E-state index in [0.29, 0.717) is 11.4 Å². The maximum atomic E-state index is 12.3. The Morgan fingerprint density at radius 1 is 1.39 bits per heavy atom. The summed E-state index contributed by atoms with van der Waals surface area (Å²) in [4.78, 5) is 18.3. The van der Waals surface area contributed by atoms with Crippen molar-refractivity contribution in [3.63, 3.8) is 0 Å². The SMILES string of the molecule is CCCN(C)C(=O)c1cc(N)nc2ccccc12. The van der Waals surface area contributed by atoms with Crippen LogP contribution in [0.4, 0.5) is 5.82 Å². The second kappa shape index (κ2) is 5.04. The molecule has 0 aliphatic heterocycles. The van der Waals surface area contributed by atoms with Crippen LogP contribution in [-0.4, -0.2) is 29.4 Å². The molecule has 0 saturated heterocycles. The Morgan fingerprint density at radius 3 is 2.83 bits per heavy atom. The summed E-state index contributed by atoms with van der Waals surface area (Å²) in [6.07, 6.45) is 0.931. The number of benzene rings is 1. The molecule has 1 aromatic heterocycles. The third-order valence-corrected chi connectivity index (χ3v) is 2.87. The summed E-state index contributed by atoms with van der Waals surface area (Å²) in [7, 11) is 1.80. The molecular weight excluding hydrogens is 226 g/mol. The van der Waals surface area contributed by atoms with Gasteiger partial charge in [0.25, 0.3) is 5.91 Å². The van der Waals surface area contributed by atoms with Crippen molar-refractivity contribution in [2.24, 2.45) is 0 Å². The average Bonchev–Trinajstić information content (AvgIpc) is 2.37. The van der Waals surface area contributed by atoms with Gasteiger partial charge in [-0.25, -0.2) is 4.98 Å². The van der Waals surface area contributed by atoms with Crippen molar-refractivity contribution in [3.8, 4) is 0 Å². The Morgan fingerprint density at radius 2 is 2.11 bits per heavy atom. The molecule has 0 fully saturated rings. The molecule has 2 N–H and O–H groups in total. The van der Waals surface area contributed by atoms with Gasteiger partial charge in [0.15, 0.2) is 0 Å². The van der Waals surface area contributed by atoms with Crippen LogP contribution in [0.15, 0.2) is 30.3 Å². The van der Waals surface area contributed by atoms with Crippen molar-refractivity contribution < 1.29 is 4.79 Å². The third kappa shape index (κ3) is 2.27. The van der Waals surface area contributed by atoms with Crippen molar-refractivity contribution in [2.45, 2.75) is 13.3 Å². The molecule has 0 unspecified atom stereocenters. The molecule has 0 spiro atoms. The van der Waals surface area contributed by atoms with Crippen LogP contribution in [0, 0.1) is 0 Å². The lowest BCUT2D eigenvalue weighted by Crippen LogP contribution is -2.27. The highest BCUT2D eigenvalue weighted by Crippen LogP contribution is 2.20. The predicted octanol–water partition coefficient (Wildman–Crippen LogP) is 2.30. The Bertz CT molecular complexity index is 580. The summed E-state index contributed by atoms with van der Waals surface area (Å²) in [6.45, 7) is 2.78. The number of hydrogen-bond acceptors (Lipinski definition) is 3. The van der Waals surface area contributed by atoms with Crippen LogP contribution in [-0.2, 0) is 0 Å². The topological polar surface area (TPSA) is 59.2 Å². The number of fused-ring (bicyclic) bond motifs is 1. The van der Waals surface area contributed by atoms with E-state index in [2.05, 4.69) is 4.98 Å². The van der Waals surface area contributed by atoms with Gasteiger partial charge in [-0.1, -0.05) is 25.1 Å². The Hall–Kier alpha value is -2.10. The number of carbonyl (C=O) groups excluding carboxylic acids is 1. The predicted molar refractivity (Wildman–Crippen MR) is 73.4 cm³/mol. The van der Waals surface area contributed by atoms with Gasteiger partial charge in [-0.05, 0) is 18.6 Å². The summed E-state index contributed by atoms with van der Waals surface area (Å²) >= 11 is 0. The molecule has 94 valence electrons. The monoisotopic (exact) mass is 243 g/mol. The first-order valence-electron chi connectivity index (χ1n) is 6.04. The van der Waals surface area contributed by atoms with Crippen LogP contribution in [0.1, 0.15) is 23.7 Å². The summed E-state index contributed by atoms with van der Waals surface area (Å²) < 4.78 is 0. The van der Waals surface area contributed by atoms with Gasteiger partial charge < -0.3 is 10.6 Å². The fourth-order valence-electron chi connectivity index (χ4n) is 2.02. The largest absolute Gasteiger partial charge is 0.384 e. The van der Waals surface area contributed by atoms with Crippen LogP contribution >= 0.6 is 0 Å². The van der Waals surface area contributed by atoms with Gasteiger partial charge in [0, 0.05) is 19.0 Å². The van der Waals surface area contributed by atoms with Crippen LogP contribution in [0.2, 0.25) is 0 Å². The summed E-state index contributed by atoms with van der Waals surface area (Å²) in [5.74, 6) is 0.365. The Labute approximate surface area is 106 Å². The third-order valence-electron chi connectivity index (χ3n) is 2.87. The number of nitrogen functional groups attached to an aromatic ring is 1. The molecule has 0 radical (unpaired) electrons. The maximum Gasteiger partial charge on any atom is 0.254 e. The highest BCUT2D eigenvalue weighted by molar-refractivity contribution is 6.06. The molecule has 2 aromatic rings. The van der Waals surface area contributed by atoms with Gasteiger partial charge in [-0.2, -0.15) is 0 Å². The van der Waals surface area contributed by atoms with Crippen molar-refractivity contribution >= 4 is 22.6 Å². The number of rotatable bonds is 3. The number of carbonyl (C=O) groups is 1. The van der Waals surface area contributed by atoms with E-state index in [0.717, 1.165) is 23.9 Å². The van der Waals surface area contributed by atoms with E-state index < -0.39 is 0 Å². The van der Waals surface area contributed by atoms with Crippen LogP contribution in [0.25, 0.3) is 10.9 Å². The number of nitrogens with zero attached hydrogens (tertiary/aromatic N) is 2. The zero-order valence-corrected chi connectivity index (χ0v) is 10.7. The molecule has 1 heterocycles. The molecule has 18 heavy (non-hydrogen) atoms.